The van der Waals surface area contributed by atoms with Gasteiger partial charge in [0.15, 0.2) is 0 Å². The predicted molar refractivity (Wildman–Crippen MR) is 61.6 cm³/mol. The second-order valence-corrected chi connectivity index (χ2v) is 4.09. The third-order valence-electron chi connectivity index (χ3n) is 2.72. The van der Waals surface area contributed by atoms with Gasteiger partial charge in [-0.05, 0) is 31.0 Å². The third-order valence-corrected chi connectivity index (χ3v) is 2.72. The first-order valence-electron chi connectivity index (χ1n) is 5.35. The highest BCUT2D eigenvalue weighted by Crippen LogP contribution is 2.36. The van der Waals surface area contributed by atoms with Gasteiger partial charge in [0.25, 0.3) is 0 Å². The SMILES string of the molecule is Nc1ccc(NC2CC=CC2)c(C(F)(F)F)c1. The maximum absolute atomic E-state index is 12.8. The van der Waals surface area contributed by atoms with E-state index in [1.807, 2.05) is 12.2 Å². The van der Waals surface area contributed by atoms with Gasteiger partial charge in [-0.25, -0.2) is 0 Å². The van der Waals surface area contributed by atoms with Gasteiger partial charge in [0.1, 0.15) is 0 Å². The van der Waals surface area contributed by atoms with Gasteiger partial charge in [-0.1, -0.05) is 12.2 Å². The second kappa shape index (κ2) is 4.31. The third kappa shape index (κ3) is 2.72. The van der Waals surface area contributed by atoms with Gasteiger partial charge >= 0.3 is 6.18 Å². The standard InChI is InChI=1S/C12H13F3N2/c13-12(14,15)10-7-8(16)5-6-11(10)17-9-3-1-2-4-9/h1-2,5-7,9,17H,3-4,16H2. The lowest BCUT2D eigenvalue weighted by Gasteiger charge is -2.19. The highest BCUT2D eigenvalue weighted by molar-refractivity contribution is 5.59. The van der Waals surface area contributed by atoms with E-state index in [2.05, 4.69) is 5.32 Å². The number of rotatable bonds is 2. The fraction of sp³-hybridized carbons (Fsp3) is 0.333. The molecule has 0 saturated carbocycles. The Morgan fingerprint density at radius 2 is 1.82 bits per heavy atom. The fourth-order valence-electron chi connectivity index (χ4n) is 1.88. The average Bonchev–Trinajstić information content (AvgIpc) is 2.72. The summed E-state index contributed by atoms with van der Waals surface area (Å²) in [7, 11) is 0. The van der Waals surface area contributed by atoms with Crippen LogP contribution in [0.2, 0.25) is 0 Å². The maximum atomic E-state index is 12.8. The molecule has 0 aromatic heterocycles. The molecule has 2 rings (SSSR count). The Balaban J connectivity index is 2.26. The lowest BCUT2D eigenvalue weighted by molar-refractivity contribution is -0.136. The van der Waals surface area contributed by atoms with Crippen molar-refractivity contribution in [3.05, 3.63) is 35.9 Å². The lowest BCUT2D eigenvalue weighted by Crippen LogP contribution is -2.19. The summed E-state index contributed by atoms with van der Waals surface area (Å²) < 4.78 is 38.4. The summed E-state index contributed by atoms with van der Waals surface area (Å²) >= 11 is 0. The molecule has 0 fully saturated rings. The summed E-state index contributed by atoms with van der Waals surface area (Å²) in [6.07, 6.45) is 1.04. The molecule has 0 amide bonds. The van der Waals surface area contributed by atoms with Crippen LogP contribution in [-0.4, -0.2) is 6.04 Å². The molecule has 0 heterocycles. The monoisotopic (exact) mass is 242 g/mol. The van der Waals surface area contributed by atoms with Crippen LogP contribution in [0.5, 0.6) is 0 Å². The van der Waals surface area contributed by atoms with Crippen molar-refractivity contribution >= 4 is 11.4 Å². The van der Waals surface area contributed by atoms with Crippen molar-refractivity contribution in [1.29, 1.82) is 0 Å². The van der Waals surface area contributed by atoms with Crippen molar-refractivity contribution in [2.24, 2.45) is 0 Å². The van der Waals surface area contributed by atoms with E-state index in [4.69, 9.17) is 5.73 Å². The second-order valence-electron chi connectivity index (χ2n) is 4.09. The van der Waals surface area contributed by atoms with Crippen LogP contribution in [0.4, 0.5) is 24.5 Å². The topological polar surface area (TPSA) is 38.0 Å². The van der Waals surface area contributed by atoms with E-state index < -0.39 is 11.7 Å². The van der Waals surface area contributed by atoms with E-state index in [1.54, 1.807) is 0 Å². The number of alkyl halides is 3. The molecule has 0 saturated heterocycles. The average molecular weight is 242 g/mol. The lowest BCUT2D eigenvalue weighted by atomic mass is 10.1. The minimum absolute atomic E-state index is 0.0414. The molecule has 0 bridgehead atoms. The molecule has 1 aliphatic rings. The Morgan fingerprint density at radius 1 is 1.18 bits per heavy atom. The molecule has 0 spiro atoms. The van der Waals surface area contributed by atoms with Gasteiger partial charge in [-0.3, -0.25) is 0 Å². The zero-order chi connectivity index (χ0) is 12.5. The summed E-state index contributed by atoms with van der Waals surface area (Å²) in [6, 6.07) is 3.86. The highest BCUT2D eigenvalue weighted by Gasteiger charge is 2.34. The fourth-order valence-corrected chi connectivity index (χ4v) is 1.88. The first-order valence-corrected chi connectivity index (χ1v) is 5.35. The van der Waals surface area contributed by atoms with E-state index in [0.717, 1.165) is 18.9 Å². The summed E-state index contributed by atoms with van der Waals surface area (Å²) in [5.41, 5.74) is 4.90. The molecule has 0 atom stereocenters. The minimum atomic E-state index is -4.39. The van der Waals surface area contributed by atoms with Gasteiger partial charge < -0.3 is 11.1 Å². The molecule has 1 aliphatic carbocycles. The maximum Gasteiger partial charge on any atom is 0.418 e. The van der Waals surface area contributed by atoms with Crippen LogP contribution in [0.15, 0.2) is 30.4 Å². The molecular formula is C12H13F3N2. The Labute approximate surface area is 97.3 Å². The van der Waals surface area contributed by atoms with Crippen molar-refractivity contribution in [2.45, 2.75) is 25.1 Å². The van der Waals surface area contributed by atoms with Crippen LogP contribution >= 0.6 is 0 Å². The molecule has 1 aromatic carbocycles. The molecule has 3 N–H and O–H groups in total. The smallest absolute Gasteiger partial charge is 0.399 e. The van der Waals surface area contributed by atoms with Gasteiger partial charge in [0.2, 0.25) is 0 Å². The van der Waals surface area contributed by atoms with E-state index in [0.29, 0.717) is 0 Å². The Bertz CT molecular complexity index is 430. The predicted octanol–water partition coefficient (Wildman–Crippen LogP) is 3.42. The number of anilines is 2. The molecular weight excluding hydrogens is 229 g/mol. The van der Waals surface area contributed by atoms with Gasteiger partial charge in [-0.2, -0.15) is 13.2 Å². The van der Waals surface area contributed by atoms with Crippen molar-refractivity contribution in [2.75, 3.05) is 11.1 Å². The molecule has 0 aliphatic heterocycles. The number of hydrogen-bond acceptors (Lipinski definition) is 2. The van der Waals surface area contributed by atoms with Crippen molar-refractivity contribution < 1.29 is 13.2 Å². The number of nitrogen functional groups attached to an aromatic ring is 1. The quantitative estimate of drug-likeness (QED) is 0.616. The summed E-state index contributed by atoms with van der Waals surface area (Å²) in [6.45, 7) is 0. The minimum Gasteiger partial charge on any atom is -0.399 e. The number of hydrogen-bond donors (Lipinski definition) is 2. The van der Waals surface area contributed by atoms with Gasteiger partial charge in [-0.15, -0.1) is 0 Å². The van der Waals surface area contributed by atoms with Crippen LogP contribution in [0.1, 0.15) is 18.4 Å². The van der Waals surface area contributed by atoms with Crippen LogP contribution < -0.4 is 11.1 Å². The number of benzene rings is 1. The van der Waals surface area contributed by atoms with Gasteiger partial charge in [0, 0.05) is 17.4 Å². The van der Waals surface area contributed by atoms with Crippen molar-refractivity contribution in [3.63, 3.8) is 0 Å². The van der Waals surface area contributed by atoms with Gasteiger partial charge in [0.05, 0.1) is 5.56 Å². The normalized spacial score (nSPS) is 16.4. The molecule has 92 valence electrons. The molecule has 5 heteroatoms. The number of halogens is 3. The molecule has 0 radical (unpaired) electrons. The number of nitrogens with one attached hydrogen (secondary N) is 1. The first kappa shape index (κ1) is 11.8. The Kier molecular flexibility index (Phi) is 3.00. The van der Waals surface area contributed by atoms with E-state index in [1.165, 1.54) is 12.1 Å². The first-order chi connectivity index (χ1) is 7.97. The molecule has 0 unspecified atom stereocenters. The van der Waals surface area contributed by atoms with E-state index in [9.17, 15) is 13.2 Å². The summed E-state index contributed by atoms with van der Waals surface area (Å²) in [5, 5.41) is 2.91. The van der Waals surface area contributed by atoms with E-state index in [-0.39, 0.29) is 17.4 Å². The van der Waals surface area contributed by atoms with E-state index >= 15 is 0 Å². The Morgan fingerprint density at radius 3 is 2.41 bits per heavy atom. The van der Waals surface area contributed by atoms with Crippen molar-refractivity contribution in [3.8, 4) is 0 Å². The summed E-state index contributed by atoms with van der Waals surface area (Å²) in [5.74, 6) is 0. The number of nitrogens with two attached hydrogens (primary N) is 1. The molecule has 2 nitrogen and oxygen atoms in total. The van der Waals surface area contributed by atoms with Crippen LogP contribution in [0, 0.1) is 0 Å². The summed E-state index contributed by atoms with van der Waals surface area (Å²) in [4.78, 5) is 0. The Hall–Kier alpha value is -1.65. The highest BCUT2D eigenvalue weighted by atomic mass is 19.4. The van der Waals surface area contributed by atoms with Crippen LogP contribution in [-0.2, 0) is 6.18 Å². The van der Waals surface area contributed by atoms with Crippen LogP contribution in [0.25, 0.3) is 0 Å². The van der Waals surface area contributed by atoms with Crippen LogP contribution in [0.3, 0.4) is 0 Å². The zero-order valence-corrected chi connectivity index (χ0v) is 9.09. The molecule has 17 heavy (non-hydrogen) atoms. The zero-order valence-electron chi connectivity index (χ0n) is 9.09. The van der Waals surface area contributed by atoms with Crippen molar-refractivity contribution in [1.82, 2.24) is 0 Å². The largest absolute Gasteiger partial charge is 0.418 e. The molecule has 1 aromatic rings.